The zero-order valence-electron chi connectivity index (χ0n) is 18.1. The smallest absolute Gasteiger partial charge is 0.257 e. The van der Waals surface area contributed by atoms with Crippen LogP contribution in [0.5, 0.6) is 0 Å². The van der Waals surface area contributed by atoms with Gasteiger partial charge in [0.05, 0.1) is 22.8 Å². The Bertz CT molecular complexity index is 1250. The van der Waals surface area contributed by atoms with Crippen molar-refractivity contribution in [2.24, 2.45) is 0 Å². The first kappa shape index (κ1) is 21.8. The van der Waals surface area contributed by atoms with Gasteiger partial charge in [0.15, 0.2) is 9.84 Å². The third-order valence-electron chi connectivity index (χ3n) is 6.41. The van der Waals surface area contributed by atoms with E-state index in [0.717, 1.165) is 5.69 Å². The van der Waals surface area contributed by atoms with E-state index in [1.807, 2.05) is 30.3 Å². The number of hydrogen-bond donors (Lipinski definition) is 0. The van der Waals surface area contributed by atoms with Gasteiger partial charge < -0.3 is 4.90 Å². The van der Waals surface area contributed by atoms with Gasteiger partial charge in [-0.3, -0.25) is 9.69 Å². The summed E-state index contributed by atoms with van der Waals surface area (Å²) in [5, 5.41) is 4.66. The summed E-state index contributed by atoms with van der Waals surface area (Å²) in [4.78, 5) is 17.5. The number of piperazine rings is 1. The van der Waals surface area contributed by atoms with E-state index >= 15 is 0 Å². The Morgan fingerprint density at radius 1 is 0.970 bits per heavy atom. The molecule has 7 nitrogen and oxygen atoms in total. The lowest BCUT2D eigenvalue weighted by molar-refractivity contribution is 0.0588. The number of halogens is 1. The topological polar surface area (TPSA) is 75.5 Å². The summed E-state index contributed by atoms with van der Waals surface area (Å²) in [6, 6.07) is 15.5. The van der Waals surface area contributed by atoms with Crippen LogP contribution < -0.4 is 0 Å². The molecule has 5 rings (SSSR count). The normalized spacial score (nSPS) is 20.8. The van der Waals surface area contributed by atoms with Crippen LogP contribution in [0.4, 0.5) is 4.39 Å². The van der Waals surface area contributed by atoms with Crippen molar-refractivity contribution in [1.29, 1.82) is 0 Å². The molecule has 1 amide bonds. The van der Waals surface area contributed by atoms with Gasteiger partial charge in [-0.2, -0.15) is 5.10 Å². The highest BCUT2D eigenvalue weighted by atomic mass is 32.2. The summed E-state index contributed by atoms with van der Waals surface area (Å²) in [5.74, 6) is -0.0231. The van der Waals surface area contributed by atoms with Gasteiger partial charge in [-0.05, 0) is 42.8 Å². The van der Waals surface area contributed by atoms with Gasteiger partial charge in [0.1, 0.15) is 11.5 Å². The van der Waals surface area contributed by atoms with Gasteiger partial charge in [0, 0.05) is 44.0 Å². The Kier molecular flexibility index (Phi) is 5.76. The molecule has 0 N–H and O–H groups in total. The number of nitrogens with zero attached hydrogens (tertiary/aromatic N) is 4. The quantitative estimate of drug-likeness (QED) is 0.589. The molecule has 9 heteroatoms. The molecular formula is C24H25FN4O3S. The number of amides is 1. The Balaban J connectivity index is 1.39. The minimum Gasteiger partial charge on any atom is -0.336 e. The summed E-state index contributed by atoms with van der Waals surface area (Å²) >= 11 is 0. The van der Waals surface area contributed by atoms with Crippen LogP contribution in [-0.4, -0.2) is 77.6 Å². The zero-order valence-corrected chi connectivity index (χ0v) is 18.9. The molecule has 0 aliphatic carbocycles. The molecule has 0 saturated carbocycles. The number of benzene rings is 2. The highest BCUT2D eigenvalue weighted by Crippen LogP contribution is 2.26. The number of sulfone groups is 1. The minimum atomic E-state index is -2.94. The van der Waals surface area contributed by atoms with Gasteiger partial charge in [-0.1, -0.05) is 18.2 Å². The number of rotatable bonds is 4. The van der Waals surface area contributed by atoms with Gasteiger partial charge >= 0.3 is 0 Å². The highest BCUT2D eigenvalue weighted by Gasteiger charge is 2.35. The number of para-hydroxylation sites is 1. The van der Waals surface area contributed by atoms with E-state index in [2.05, 4.69) is 10.00 Å². The Morgan fingerprint density at radius 2 is 1.67 bits per heavy atom. The van der Waals surface area contributed by atoms with E-state index in [4.69, 9.17) is 0 Å². The number of carbonyl (C=O) groups is 1. The molecule has 0 radical (unpaired) electrons. The van der Waals surface area contributed by atoms with Gasteiger partial charge in [-0.15, -0.1) is 0 Å². The van der Waals surface area contributed by atoms with E-state index in [1.165, 1.54) is 12.1 Å². The number of carbonyl (C=O) groups excluding carboxylic acids is 1. The first-order chi connectivity index (χ1) is 15.9. The summed E-state index contributed by atoms with van der Waals surface area (Å²) in [7, 11) is -2.94. The molecule has 3 aromatic rings. The van der Waals surface area contributed by atoms with Crippen LogP contribution in [0.25, 0.3) is 16.9 Å². The molecule has 2 saturated heterocycles. The zero-order chi connectivity index (χ0) is 23.0. The van der Waals surface area contributed by atoms with Crippen LogP contribution in [0.2, 0.25) is 0 Å². The predicted molar refractivity (Wildman–Crippen MR) is 123 cm³/mol. The van der Waals surface area contributed by atoms with Crippen LogP contribution in [0.3, 0.4) is 0 Å². The monoisotopic (exact) mass is 468 g/mol. The van der Waals surface area contributed by atoms with Crippen LogP contribution in [-0.2, 0) is 9.84 Å². The number of hydrogen-bond acceptors (Lipinski definition) is 5. The molecule has 33 heavy (non-hydrogen) atoms. The summed E-state index contributed by atoms with van der Waals surface area (Å²) in [5.41, 5.74) is 2.46. The fourth-order valence-electron chi connectivity index (χ4n) is 4.59. The lowest BCUT2D eigenvalue weighted by atomic mass is 10.1. The van der Waals surface area contributed by atoms with Crippen molar-refractivity contribution in [1.82, 2.24) is 19.6 Å². The molecule has 2 aliphatic rings. The summed E-state index contributed by atoms with van der Waals surface area (Å²) in [6.45, 7) is 2.33. The van der Waals surface area contributed by atoms with Crippen molar-refractivity contribution < 1.29 is 17.6 Å². The van der Waals surface area contributed by atoms with Crippen LogP contribution >= 0.6 is 0 Å². The van der Waals surface area contributed by atoms with Crippen molar-refractivity contribution >= 4 is 15.7 Å². The predicted octanol–water partition coefficient (Wildman–Crippen LogP) is 2.62. The van der Waals surface area contributed by atoms with E-state index in [0.29, 0.717) is 49.4 Å². The molecule has 3 heterocycles. The number of aromatic nitrogens is 2. The molecule has 2 fully saturated rings. The maximum atomic E-state index is 13.5. The Morgan fingerprint density at radius 3 is 2.30 bits per heavy atom. The molecule has 1 atom stereocenters. The summed E-state index contributed by atoms with van der Waals surface area (Å²) < 4.78 is 38.8. The largest absolute Gasteiger partial charge is 0.336 e. The maximum Gasteiger partial charge on any atom is 0.257 e. The van der Waals surface area contributed by atoms with E-state index in [1.54, 1.807) is 27.9 Å². The van der Waals surface area contributed by atoms with Crippen molar-refractivity contribution in [3.63, 3.8) is 0 Å². The highest BCUT2D eigenvalue weighted by molar-refractivity contribution is 7.91. The standard InChI is InChI=1S/C24H25FN4O3S/c25-19-8-6-18(7-9-19)23-22(16-29(26-23)20-4-2-1-3-5-20)24(30)28-13-11-27(12-14-28)21-10-15-33(31,32)17-21/h1-9,16,21H,10-15,17H2. The Hall–Kier alpha value is -3.04. The average Bonchev–Trinajstić information content (AvgIpc) is 3.43. The van der Waals surface area contributed by atoms with E-state index < -0.39 is 9.84 Å². The van der Waals surface area contributed by atoms with Gasteiger partial charge in [0.2, 0.25) is 0 Å². The molecule has 0 spiro atoms. The van der Waals surface area contributed by atoms with Gasteiger partial charge in [-0.25, -0.2) is 17.5 Å². The van der Waals surface area contributed by atoms with Crippen LogP contribution in [0.1, 0.15) is 16.8 Å². The second-order valence-electron chi connectivity index (χ2n) is 8.56. The third-order valence-corrected chi connectivity index (χ3v) is 8.16. The van der Waals surface area contributed by atoms with E-state index in [9.17, 15) is 17.6 Å². The fourth-order valence-corrected chi connectivity index (χ4v) is 6.35. The molecule has 172 valence electrons. The molecule has 1 unspecified atom stereocenters. The molecule has 2 aromatic carbocycles. The molecular weight excluding hydrogens is 443 g/mol. The van der Waals surface area contributed by atoms with Gasteiger partial charge in [0.25, 0.3) is 5.91 Å². The second kappa shape index (κ2) is 8.72. The lowest BCUT2D eigenvalue weighted by Gasteiger charge is -2.37. The maximum absolute atomic E-state index is 13.5. The first-order valence-electron chi connectivity index (χ1n) is 11.0. The summed E-state index contributed by atoms with van der Waals surface area (Å²) in [6.07, 6.45) is 2.39. The van der Waals surface area contributed by atoms with Crippen LogP contribution in [0, 0.1) is 5.82 Å². The first-order valence-corrected chi connectivity index (χ1v) is 12.9. The average molecular weight is 469 g/mol. The van der Waals surface area contributed by atoms with Crippen molar-refractivity contribution in [3.05, 3.63) is 72.2 Å². The van der Waals surface area contributed by atoms with Crippen LogP contribution in [0.15, 0.2) is 60.8 Å². The van der Waals surface area contributed by atoms with Crippen molar-refractivity contribution in [3.8, 4) is 16.9 Å². The third kappa shape index (κ3) is 4.56. The Labute approximate surface area is 192 Å². The molecule has 2 aliphatic heterocycles. The van der Waals surface area contributed by atoms with Crippen molar-refractivity contribution in [2.75, 3.05) is 37.7 Å². The van der Waals surface area contributed by atoms with E-state index in [-0.39, 0.29) is 29.3 Å². The lowest BCUT2D eigenvalue weighted by Crippen LogP contribution is -2.52. The van der Waals surface area contributed by atoms with Crippen molar-refractivity contribution in [2.45, 2.75) is 12.5 Å². The fraction of sp³-hybridized carbons (Fsp3) is 0.333. The minimum absolute atomic E-state index is 0.0443. The SMILES string of the molecule is O=C(c1cn(-c2ccccc2)nc1-c1ccc(F)cc1)N1CCN(C2CCS(=O)(=O)C2)CC1. The molecule has 0 bridgehead atoms. The second-order valence-corrected chi connectivity index (χ2v) is 10.8. The molecule has 1 aromatic heterocycles.